The van der Waals surface area contributed by atoms with Gasteiger partial charge in [-0.3, -0.25) is 4.98 Å². The number of aryl methyl sites for hydroxylation is 1. The third-order valence-corrected chi connectivity index (χ3v) is 6.41. The molecule has 24 heavy (non-hydrogen) atoms. The van der Waals surface area contributed by atoms with Crippen LogP contribution in [0.4, 0.5) is 0 Å². The van der Waals surface area contributed by atoms with Gasteiger partial charge in [0.05, 0.1) is 22.9 Å². The molecule has 1 atom stereocenters. The largest absolute Gasteiger partial charge is 0.393 e. The Bertz CT molecular complexity index is 801. The lowest BCUT2D eigenvalue weighted by atomic mass is 9.76. The minimum Gasteiger partial charge on any atom is -0.393 e. The quantitative estimate of drug-likeness (QED) is 0.852. The van der Waals surface area contributed by atoms with Crippen molar-refractivity contribution in [2.24, 2.45) is 5.92 Å². The molecule has 5 nitrogen and oxygen atoms in total. The van der Waals surface area contributed by atoms with E-state index < -0.39 is 16.1 Å². The van der Waals surface area contributed by atoms with Crippen LogP contribution in [0.5, 0.6) is 0 Å². The highest BCUT2D eigenvalue weighted by Crippen LogP contribution is 2.38. The van der Waals surface area contributed by atoms with Crippen LogP contribution in [0.15, 0.2) is 47.5 Å². The average molecular weight is 367 g/mol. The fourth-order valence-electron chi connectivity index (χ4n) is 3.04. The van der Waals surface area contributed by atoms with Gasteiger partial charge in [-0.15, -0.1) is 0 Å². The molecule has 1 saturated carbocycles. The van der Waals surface area contributed by atoms with E-state index in [0.717, 1.165) is 0 Å². The van der Waals surface area contributed by atoms with Crippen molar-refractivity contribution >= 4 is 21.6 Å². The van der Waals surface area contributed by atoms with Crippen LogP contribution in [-0.2, 0) is 10.0 Å². The van der Waals surface area contributed by atoms with Gasteiger partial charge in [-0.2, -0.15) is 0 Å². The summed E-state index contributed by atoms with van der Waals surface area (Å²) >= 11 is 6.12. The first kappa shape index (κ1) is 17.4. The molecule has 1 aromatic carbocycles. The van der Waals surface area contributed by atoms with E-state index >= 15 is 0 Å². The van der Waals surface area contributed by atoms with Crippen LogP contribution < -0.4 is 4.72 Å². The van der Waals surface area contributed by atoms with Gasteiger partial charge < -0.3 is 5.11 Å². The molecule has 2 N–H and O–H groups in total. The molecule has 7 heteroatoms. The first-order chi connectivity index (χ1) is 11.4. The van der Waals surface area contributed by atoms with E-state index in [1.165, 1.54) is 0 Å². The molecule has 0 bridgehead atoms. The van der Waals surface area contributed by atoms with Gasteiger partial charge in [0.15, 0.2) is 0 Å². The standard InChI is InChI=1S/C17H19ClN2O3S/c1-11-5-4-6-14(18)17(11)24(22,23)20-16(12-9-13(21)10-12)15-7-2-3-8-19-15/h2-8,12-13,16,20-21H,9-10H2,1H3/t12?,13?,16-/m1/s1. The Hall–Kier alpha value is -1.47. The molecule has 0 radical (unpaired) electrons. The molecule has 0 amide bonds. The molecule has 0 unspecified atom stereocenters. The minimum atomic E-state index is -3.81. The third-order valence-electron chi connectivity index (χ3n) is 4.34. The van der Waals surface area contributed by atoms with E-state index in [1.807, 2.05) is 6.07 Å². The number of hydrogen-bond acceptors (Lipinski definition) is 4. The molecule has 0 saturated heterocycles. The van der Waals surface area contributed by atoms with E-state index in [9.17, 15) is 13.5 Å². The maximum Gasteiger partial charge on any atom is 0.242 e. The molecule has 1 aliphatic carbocycles. The fourth-order valence-corrected chi connectivity index (χ4v) is 5.15. The summed E-state index contributed by atoms with van der Waals surface area (Å²) in [6, 6.07) is 9.89. The Kier molecular flexibility index (Phi) is 4.92. The van der Waals surface area contributed by atoms with Crippen molar-refractivity contribution in [2.75, 3.05) is 0 Å². The predicted molar refractivity (Wildman–Crippen MR) is 92.2 cm³/mol. The lowest BCUT2D eigenvalue weighted by molar-refractivity contribution is 0.0273. The molecule has 128 valence electrons. The highest BCUT2D eigenvalue weighted by atomic mass is 35.5. The van der Waals surface area contributed by atoms with Crippen LogP contribution in [0.3, 0.4) is 0 Å². The molecular weight excluding hydrogens is 348 g/mol. The first-order valence-electron chi connectivity index (χ1n) is 7.75. The number of hydrogen-bond donors (Lipinski definition) is 2. The van der Waals surface area contributed by atoms with E-state index in [2.05, 4.69) is 9.71 Å². The van der Waals surface area contributed by atoms with Crippen molar-refractivity contribution in [2.45, 2.75) is 36.8 Å². The number of benzene rings is 1. The van der Waals surface area contributed by atoms with E-state index in [0.29, 0.717) is 24.1 Å². The van der Waals surface area contributed by atoms with Gasteiger partial charge in [-0.1, -0.05) is 29.8 Å². The maximum atomic E-state index is 12.9. The zero-order chi connectivity index (χ0) is 17.3. The molecule has 1 aromatic heterocycles. The number of aromatic nitrogens is 1. The van der Waals surface area contributed by atoms with Crippen LogP contribution >= 0.6 is 11.6 Å². The molecule has 0 aliphatic heterocycles. The fraction of sp³-hybridized carbons (Fsp3) is 0.353. The molecule has 3 rings (SSSR count). The number of nitrogens with zero attached hydrogens (tertiary/aromatic N) is 1. The van der Waals surface area contributed by atoms with Crippen molar-refractivity contribution in [1.29, 1.82) is 0 Å². The monoisotopic (exact) mass is 366 g/mol. The van der Waals surface area contributed by atoms with Crippen LogP contribution in [0.1, 0.15) is 30.1 Å². The van der Waals surface area contributed by atoms with Crippen LogP contribution in [-0.4, -0.2) is 24.6 Å². The van der Waals surface area contributed by atoms with Gasteiger partial charge in [0, 0.05) is 6.20 Å². The lowest BCUT2D eigenvalue weighted by Crippen LogP contribution is -2.41. The van der Waals surface area contributed by atoms with Crippen LogP contribution in [0.2, 0.25) is 5.02 Å². The Balaban J connectivity index is 1.95. The second-order valence-corrected chi connectivity index (χ2v) is 8.18. The lowest BCUT2D eigenvalue weighted by Gasteiger charge is -2.37. The normalized spacial score (nSPS) is 22.0. The van der Waals surface area contributed by atoms with Crippen molar-refractivity contribution in [3.05, 3.63) is 58.9 Å². The summed E-state index contributed by atoms with van der Waals surface area (Å²) in [5, 5.41) is 9.79. The number of sulfonamides is 1. The highest BCUT2D eigenvalue weighted by molar-refractivity contribution is 7.89. The number of halogens is 1. The number of nitrogens with one attached hydrogen (secondary N) is 1. The van der Waals surface area contributed by atoms with Crippen molar-refractivity contribution in [3.8, 4) is 0 Å². The molecule has 1 fully saturated rings. The van der Waals surface area contributed by atoms with Crippen LogP contribution in [0, 0.1) is 12.8 Å². The van der Waals surface area contributed by atoms with Crippen LogP contribution in [0.25, 0.3) is 0 Å². The Morgan fingerprint density at radius 2 is 2.00 bits per heavy atom. The Morgan fingerprint density at radius 1 is 1.25 bits per heavy atom. The van der Waals surface area contributed by atoms with Gasteiger partial charge in [0.1, 0.15) is 4.90 Å². The molecule has 1 aliphatic rings. The summed E-state index contributed by atoms with van der Waals surface area (Å²) in [6.45, 7) is 1.71. The van der Waals surface area contributed by atoms with E-state index in [4.69, 9.17) is 11.6 Å². The predicted octanol–water partition coefficient (Wildman–Crippen LogP) is 2.83. The van der Waals surface area contributed by atoms with Gasteiger partial charge in [0.25, 0.3) is 0 Å². The van der Waals surface area contributed by atoms with Gasteiger partial charge in [-0.25, -0.2) is 13.1 Å². The zero-order valence-corrected chi connectivity index (χ0v) is 14.8. The van der Waals surface area contributed by atoms with Gasteiger partial charge in [0.2, 0.25) is 10.0 Å². The number of pyridine rings is 1. The topological polar surface area (TPSA) is 79.3 Å². The summed E-state index contributed by atoms with van der Waals surface area (Å²) in [4.78, 5) is 4.38. The smallest absolute Gasteiger partial charge is 0.242 e. The third kappa shape index (κ3) is 3.47. The molecular formula is C17H19ClN2O3S. The number of aliphatic hydroxyl groups excluding tert-OH is 1. The van der Waals surface area contributed by atoms with Crippen molar-refractivity contribution < 1.29 is 13.5 Å². The van der Waals surface area contributed by atoms with E-state index in [-0.39, 0.29) is 21.9 Å². The molecule has 0 spiro atoms. The number of aliphatic hydroxyl groups is 1. The minimum absolute atomic E-state index is 0.00692. The second kappa shape index (κ2) is 6.80. The summed E-state index contributed by atoms with van der Waals surface area (Å²) in [5.41, 5.74) is 1.23. The van der Waals surface area contributed by atoms with Crippen molar-refractivity contribution in [3.63, 3.8) is 0 Å². The average Bonchev–Trinajstić information content (AvgIpc) is 2.50. The summed E-state index contributed by atoms with van der Waals surface area (Å²) in [5.74, 6) is 0.00692. The molecule has 2 aromatic rings. The highest BCUT2D eigenvalue weighted by Gasteiger charge is 2.38. The Labute approximate surface area is 146 Å². The summed E-state index contributed by atoms with van der Waals surface area (Å²) < 4.78 is 28.5. The summed E-state index contributed by atoms with van der Waals surface area (Å²) in [7, 11) is -3.81. The Morgan fingerprint density at radius 3 is 2.58 bits per heavy atom. The van der Waals surface area contributed by atoms with Gasteiger partial charge in [-0.05, 0) is 49.4 Å². The van der Waals surface area contributed by atoms with E-state index in [1.54, 1.807) is 43.5 Å². The maximum absolute atomic E-state index is 12.9. The summed E-state index contributed by atoms with van der Waals surface area (Å²) in [6.07, 6.45) is 2.34. The van der Waals surface area contributed by atoms with Crippen molar-refractivity contribution in [1.82, 2.24) is 9.71 Å². The van der Waals surface area contributed by atoms with Gasteiger partial charge >= 0.3 is 0 Å². The molecule has 1 heterocycles. The SMILES string of the molecule is Cc1cccc(Cl)c1S(=O)(=O)N[C@@H](c1ccccn1)C1CC(O)C1. The second-order valence-electron chi connectivity index (χ2n) is 6.12. The first-order valence-corrected chi connectivity index (χ1v) is 9.61. The zero-order valence-electron chi connectivity index (χ0n) is 13.2. The number of rotatable bonds is 5.